The quantitative estimate of drug-likeness (QED) is 0.609. The highest BCUT2D eigenvalue weighted by atomic mass is 32.1. The maximum atomic E-state index is 12.2. The summed E-state index contributed by atoms with van der Waals surface area (Å²) in [4.78, 5) is 18.7. The summed E-state index contributed by atoms with van der Waals surface area (Å²) in [6, 6.07) is 15.0. The lowest BCUT2D eigenvalue weighted by atomic mass is 10.2. The van der Waals surface area contributed by atoms with Crippen molar-refractivity contribution in [2.45, 2.75) is 6.61 Å². The minimum Gasteiger partial charge on any atom is -0.497 e. The Balaban J connectivity index is 1.61. The van der Waals surface area contributed by atoms with Crippen molar-refractivity contribution in [1.29, 1.82) is 0 Å². The number of esters is 1. The van der Waals surface area contributed by atoms with Crippen LogP contribution in [0.4, 0.5) is 5.69 Å². The predicted octanol–water partition coefficient (Wildman–Crippen LogP) is 4.24. The van der Waals surface area contributed by atoms with Gasteiger partial charge in [0.2, 0.25) is 0 Å². The summed E-state index contributed by atoms with van der Waals surface area (Å²) in [6.45, 7) is 0.154. The lowest BCUT2D eigenvalue weighted by Crippen LogP contribution is -2.09. The minimum absolute atomic E-state index is 0.154. The van der Waals surface area contributed by atoms with Gasteiger partial charge in [-0.25, -0.2) is 9.78 Å². The van der Waals surface area contributed by atoms with Crippen LogP contribution in [0, 0.1) is 0 Å². The molecule has 0 saturated carbocycles. The van der Waals surface area contributed by atoms with Crippen LogP contribution < -0.4 is 9.64 Å². The molecule has 0 spiro atoms. The number of benzene rings is 2. The maximum absolute atomic E-state index is 12.2. The molecule has 1 aromatic heterocycles. The Morgan fingerprint density at radius 3 is 2.38 bits per heavy atom. The number of carbonyl (C=O) groups is 1. The minimum atomic E-state index is -0.352. The standard InChI is InChI=1S/C20H20N2O3S/c1-22(2)17-8-4-15(5-9-17)20(23)25-12-16-13-26-19(21-16)14-6-10-18(24-3)11-7-14/h4-11,13H,12H2,1-3H3. The van der Waals surface area contributed by atoms with Gasteiger partial charge in [0.1, 0.15) is 17.4 Å². The molecular weight excluding hydrogens is 348 g/mol. The van der Waals surface area contributed by atoms with E-state index in [4.69, 9.17) is 9.47 Å². The van der Waals surface area contributed by atoms with Crippen LogP contribution in [0.15, 0.2) is 53.9 Å². The third-order valence-electron chi connectivity index (χ3n) is 3.86. The number of hydrogen-bond acceptors (Lipinski definition) is 6. The molecule has 0 atom stereocenters. The number of carbonyl (C=O) groups excluding carboxylic acids is 1. The van der Waals surface area contributed by atoms with Crippen LogP contribution >= 0.6 is 11.3 Å². The largest absolute Gasteiger partial charge is 0.497 e. The first-order chi connectivity index (χ1) is 12.6. The van der Waals surface area contributed by atoms with E-state index in [0.29, 0.717) is 5.56 Å². The third-order valence-corrected chi connectivity index (χ3v) is 4.80. The van der Waals surface area contributed by atoms with Crippen molar-refractivity contribution in [3.05, 3.63) is 65.2 Å². The molecule has 0 unspecified atom stereocenters. The molecule has 5 nitrogen and oxygen atoms in total. The van der Waals surface area contributed by atoms with E-state index in [1.54, 1.807) is 19.2 Å². The van der Waals surface area contributed by atoms with E-state index in [-0.39, 0.29) is 12.6 Å². The normalized spacial score (nSPS) is 10.4. The Kier molecular flexibility index (Phi) is 5.53. The Bertz CT molecular complexity index is 871. The van der Waals surface area contributed by atoms with Crippen molar-refractivity contribution in [1.82, 2.24) is 4.98 Å². The van der Waals surface area contributed by atoms with Gasteiger partial charge in [-0.15, -0.1) is 11.3 Å². The van der Waals surface area contributed by atoms with Gasteiger partial charge in [-0.1, -0.05) is 0 Å². The van der Waals surface area contributed by atoms with Crippen LogP contribution in [-0.4, -0.2) is 32.2 Å². The zero-order valence-corrected chi connectivity index (χ0v) is 15.7. The van der Waals surface area contributed by atoms with Gasteiger partial charge in [0.05, 0.1) is 18.4 Å². The number of aromatic nitrogens is 1. The summed E-state index contributed by atoms with van der Waals surface area (Å²) in [5, 5.41) is 2.79. The highest BCUT2D eigenvalue weighted by molar-refractivity contribution is 7.13. The Labute approximate surface area is 156 Å². The second-order valence-electron chi connectivity index (χ2n) is 5.89. The fraction of sp³-hybridized carbons (Fsp3) is 0.200. The van der Waals surface area contributed by atoms with Crippen LogP contribution in [0.3, 0.4) is 0 Å². The van der Waals surface area contributed by atoms with E-state index < -0.39 is 0 Å². The SMILES string of the molecule is COc1ccc(-c2nc(COC(=O)c3ccc(N(C)C)cc3)cs2)cc1. The molecule has 0 amide bonds. The molecule has 0 saturated heterocycles. The number of thiazole rings is 1. The number of nitrogens with zero attached hydrogens (tertiary/aromatic N) is 2. The van der Waals surface area contributed by atoms with Crippen LogP contribution in [-0.2, 0) is 11.3 Å². The molecule has 0 aliphatic carbocycles. The Morgan fingerprint density at radius 1 is 1.08 bits per heavy atom. The molecule has 3 aromatic rings. The average molecular weight is 368 g/mol. The van der Waals surface area contributed by atoms with E-state index in [0.717, 1.165) is 27.7 Å². The molecule has 1 heterocycles. The van der Waals surface area contributed by atoms with E-state index in [9.17, 15) is 4.79 Å². The molecule has 6 heteroatoms. The molecule has 0 bridgehead atoms. The summed E-state index contributed by atoms with van der Waals surface area (Å²) < 4.78 is 10.5. The molecule has 3 rings (SSSR count). The highest BCUT2D eigenvalue weighted by Gasteiger charge is 2.10. The molecule has 0 N–H and O–H groups in total. The number of rotatable bonds is 6. The lowest BCUT2D eigenvalue weighted by molar-refractivity contribution is 0.0468. The zero-order chi connectivity index (χ0) is 18.5. The van der Waals surface area contributed by atoms with Gasteiger partial charge in [0.15, 0.2) is 0 Å². The molecule has 2 aromatic carbocycles. The second-order valence-corrected chi connectivity index (χ2v) is 6.75. The first-order valence-corrected chi connectivity index (χ1v) is 8.98. The van der Waals surface area contributed by atoms with Gasteiger partial charge in [-0.3, -0.25) is 0 Å². The van der Waals surface area contributed by atoms with E-state index >= 15 is 0 Å². The van der Waals surface area contributed by atoms with E-state index in [1.165, 1.54) is 11.3 Å². The maximum Gasteiger partial charge on any atom is 0.338 e. The first-order valence-electron chi connectivity index (χ1n) is 8.10. The summed E-state index contributed by atoms with van der Waals surface area (Å²) in [5.41, 5.74) is 3.30. The van der Waals surface area contributed by atoms with Crippen molar-refractivity contribution >= 4 is 23.0 Å². The van der Waals surface area contributed by atoms with Gasteiger partial charge in [-0.2, -0.15) is 0 Å². The van der Waals surface area contributed by atoms with Crippen LogP contribution in [0.2, 0.25) is 0 Å². The fourth-order valence-corrected chi connectivity index (χ4v) is 3.17. The Hall–Kier alpha value is -2.86. The fourth-order valence-electron chi connectivity index (χ4n) is 2.36. The van der Waals surface area contributed by atoms with Crippen molar-refractivity contribution < 1.29 is 14.3 Å². The highest BCUT2D eigenvalue weighted by Crippen LogP contribution is 2.26. The van der Waals surface area contributed by atoms with Gasteiger partial charge in [0, 0.05) is 30.7 Å². The monoisotopic (exact) mass is 368 g/mol. The van der Waals surface area contributed by atoms with E-state index in [2.05, 4.69) is 4.98 Å². The van der Waals surface area contributed by atoms with Crippen molar-refractivity contribution in [2.24, 2.45) is 0 Å². The molecule has 0 fully saturated rings. The molecular formula is C20H20N2O3S. The molecule has 26 heavy (non-hydrogen) atoms. The Morgan fingerprint density at radius 2 is 1.77 bits per heavy atom. The summed E-state index contributed by atoms with van der Waals surface area (Å²) in [7, 11) is 5.55. The molecule has 0 radical (unpaired) electrons. The van der Waals surface area contributed by atoms with Gasteiger partial charge in [-0.05, 0) is 48.5 Å². The number of methoxy groups -OCH3 is 1. The van der Waals surface area contributed by atoms with Crippen molar-refractivity contribution in [3.63, 3.8) is 0 Å². The molecule has 0 aliphatic heterocycles. The van der Waals surface area contributed by atoms with Gasteiger partial charge >= 0.3 is 5.97 Å². The van der Waals surface area contributed by atoms with Crippen LogP contribution in [0.25, 0.3) is 10.6 Å². The summed E-state index contributed by atoms with van der Waals surface area (Å²) >= 11 is 1.52. The zero-order valence-electron chi connectivity index (χ0n) is 14.9. The van der Waals surface area contributed by atoms with Crippen molar-refractivity contribution in [3.8, 4) is 16.3 Å². The smallest absolute Gasteiger partial charge is 0.338 e. The summed E-state index contributed by atoms with van der Waals surface area (Å²) in [5.74, 6) is 0.453. The first kappa shape index (κ1) is 17.9. The van der Waals surface area contributed by atoms with Crippen molar-refractivity contribution in [2.75, 3.05) is 26.1 Å². The molecule has 0 aliphatic rings. The third kappa shape index (κ3) is 4.21. The van der Waals surface area contributed by atoms with Crippen LogP contribution in [0.5, 0.6) is 5.75 Å². The second kappa shape index (κ2) is 8.01. The lowest BCUT2D eigenvalue weighted by Gasteiger charge is -2.12. The average Bonchev–Trinajstić information content (AvgIpc) is 3.15. The summed E-state index contributed by atoms with van der Waals surface area (Å²) in [6.07, 6.45) is 0. The topological polar surface area (TPSA) is 51.7 Å². The predicted molar refractivity (Wildman–Crippen MR) is 104 cm³/mol. The van der Waals surface area contributed by atoms with Gasteiger partial charge < -0.3 is 14.4 Å². The molecule has 134 valence electrons. The number of ether oxygens (including phenoxy) is 2. The number of anilines is 1. The van der Waals surface area contributed by atoms with E-state index in [1.807, 2.05) is 60.8 Å². The number of hydrogen-bond donors (Lipinski definition) is 0. The van der Waals surface area contributed by atoms with Crippen LogP contribution in [0.1, 0.15) is 16.1 Å². The van der Waals surface area contributed by atoms with Gasteiger partial charge in [0.25, 0.3) is 0 Å².